The third kappa shape index (κ3) is 4.52. The second-order valence-corrected chi connectivity index (χ2v) is 6.65. The summed E-state index contributed by atoms with van der Waals surface area (Å²) in [6.45, 7) is 5.18. The molecule has 1 N–H and O–H groups in total. The zero-order valence-corrected chi connectivity index (χ0v) is 14.0. The number of hydrogen-bond donors (Lipinski definition) is 1. The van der Waals surface area contributed by atoms with Gasteiger partial charge < -0.3 is 14.7 Å². The molecule has 2 rings (SSSR count). The largest absolute Gasteiger partial charge is 0.478 e. The lowest BCUT2D eigenvalue weighted by Crippen LogP contribution is -2.35. The fourth-order valence-corrected chi connectivity index (χ4v) is 2.41. The molecular weight excluding hydrogens is 339 g/mol. The van der Waals surface area contributed by atoms with Gasteiger partial charge in [-0.05, 0) is 44.0 Å². The van der Waals surface area contributed by atoms with Gasteiger partial charge in [-0.3, -0.25) is 0 Å². The Morgan fingerprint density at radius 1 is 1.20 bits per heavy atom. The van der Waals surface area contributed by atoms with E-state index in [1.54, 1.807) is 20.8 Å². The molecule has 0 aliphatic carbocycles. The van der Waals surface area contributed by atoms with Crippen LogP contribution in [0.5, 0.6) is 0 Å². The van der Waals surface area contributed by atoms with Crippen LogP contribution in [0.1, 0.15) is 42.3 Å². The number of carbonyl (C=O) groups is 2. The molecule has 0 spiro atoms. The van der Waals surface area contributed by atoms with Gasteiger partial charge in [-0.1, -0.05) is 12.1 Å². The van der Waals surface area contributed by atoms with E-state index >= 15 is 0 Å². The van der Waals surface area contributed by atoms with Gasteiger partial charge in [0.2, 0.25) is 0 Å². The predicted octanol–water partition coefficient (Wildman–Crippen LogP) is 4.04. The van der Waals surface area contributed by atoms with E-state index in [0.29, 0.717) is 11.6 Å². The Labute approximate surface area is 142 Å². The molecule has 0 fully saturated rings. The van der Waals surface area contributed by atoms with Gasteiger partial charge in [0.25, 0.3) is 0 Å². The summed E-state index contributed by atoms with van der Waals surface area (Å²) in [5, 5.41) is 8.90. The quantitative estimate of drug-likeness (QED) is 0.868. The first kappa shape index (κ1) is 18.8. The van der Waals surface area contributed by atoms with E-state index in [1.807, 2.05) is 0 Å². The number of aromatic carboxylic acids is 1. The highest BCUT2D eigenvalue weighted by Gasteiger charge is 2.36. The molecule has 8 heteroatoms. The fraction of sp³-hybridized carbons (Fsp3) is 0.412. The van der Waals surface area contributed by atoms with E-state index < -0.39 is 35.0 Å². The first-order chi connectivity index (χ1) is 11.4. The molecule has 0 unspecified atom stereocenters. The van der Waals surface area contributed by atoms with Crippen molar-refractivity contribution in [1.82, 2.24) is 4.90 Å². The lowest BCUT2D eigenvalue weighted by atomic mass is 9.97. The second kappa shape index (κ2) is 6.42. The van der Waals surface area contributed by atoms with Crippen molar-refractivity contribution in [3.8, 4) is 0 Å². The van der Waals surface area contributed by atoms with Crippen molar-refractivity contribution >= 4 is 17.6 Å². The van der Waals surface area contributed by atoms with E-state index in [9.17, 15) is 22.8 Å². The third-order valence-corrected chi connectivity index (χ3v) is 3.49. The van der Waals surface area contributed by atoms with E-state index in [-0.39, 0.29) is 18.7 Å². The molecule has 1 heterocycles. The molecule has 1 amide bonds. The van der Waals surface area contributed by atoms with E-state index in [2.05, 4.69) is 0 Å². The number of halogens is 3. The molecule has 25 heavy (non-hydrogen) atoms. The average molecular weight is 357 g/mol. The fourth-order valence-electron chi connectivity index (χ4n) is 2.41. The Hall–Kier alpha value is -2.51. The van der Waals surface area contributed by atoms with Gasteiger partial charge in [-0.25, -0.2) is 9.59 Å². The molecule has 0 saturated heterocycles. The monoisotopic (exact) mass is 357 g/mol. The summed E-state index contributed by atoms with van der Waals surface area (Å²) in [6.07, 6.45) is -3.81. The minimum absolute atomic E-state index is 0.0373. The Morgan fingerprint density at radius 2 is 1.84 bits per heavy atom. The number of amides is 1. The lowest BCUT2D eigenvalue weighted by molar-refractivity contribution is -0.137. The van der Waals surface area contributed by atoms with Crippen LogP contribution in [0.25, 0.3) is 5.57 Å². The average Bonchev–Trinajstić information content (AvgIpc) is 2.93. The smallest absolute Gasteiger partial charge is 0.417 e. The summed E-state index contributed by atoms with van der Waals surface area (Å²) in [5.74, 6) is -1.44. The number of carboxylic acid groups (broad SMARTS) is 1. The summed E-state index contributed by atoms with van der Waals surface area (Å²) >= 11 is 0. The number of benzene rings is 1. The highest BCUT2D eigenvalue weighted by Crippen LogP contribution is 2.37. The van der Waals surface area contributed by atoms with Crippen LogP contribution in [0.2, 0.25) is 0 Å². The predicted molar refractivity (Wildman–Crippen MR) is 84.2 cm³/mol. The van der Waals surface area contributed by atoms with Gasteiger partial charge in [0.05, 0.1) is 11.1 Å². The number of carboxylic acids is 1. The van der Waals surface area contributed by atoms with Gasteiger partial charge in [0.1, 0.15) is 5.60 Å². The Bertz CT molecular complexity index is 732. The summed E-state index contributed by atoms with van der Waals surface area (Å²) in [5.41, 5.74) is -2.03. The van der Waals surface area contributed by atoms with Crippen molar-refractivity contribution in [3.05, 3.63) is 41.0 Å². The van der Waals surface area contributed by atoms with Crippen LogP contribution in [0.15, 0.2) is 24.3 Å². The first-order valence-corrected chi connectivity index (χ1v) is 7.50. The molecule has 136 valence electrons. The van der Waals surface area contributed by atoms with E-state index in [1.165, 1.54) is 11.0 Å². The van der Waals surface area contributed by atoms with Gasteiger partial charge in [-0.15, -0.1) is 0 Å². The number of rotatable bonds is 2. The Kier molecular flexibility index (Phi) is 4.83. The minimum Gasteiger partial charge on any atom is -0.478 e. The Morgan fingerprint density at radius 3 is 2.36 bits per heavy atom. The van der Waals surface area contributed by atoms with Crippen LogP contribution < -0.4 is 0 Å². The van der Waals surface area contributed by atoms with Crippen LogP contribution >= 0.6 is 0 Å². The standard InChI is InChI=1S/C17H18F3NO4/c1-16(2,3)25-15(24)21-7-6-11(9-21)12-5-4-10(14(22)23)8-13(12)17(18,19)20/h4-6,8H,7,9H2,1-3H3,(H,22,23). The lowest BCUT2D eigenvalue weighted by Gasteiger charge is -2.24. The molecule has 1 aliphatic heterocycles. The van der Waals surface area contributed by atoms with E-state index in [4.69, 9.17) is 9.84 Å². The number of ether oxygens (including phenoxy) is 1. The molecule has 0 radical (unpaired) electrons. The molecule has 5 nitrogen and oxygen atoms in total. The summed E-state index contributed by atoms with van der Waals surface area (Å²) in [7, 11) is 0. The molecule has 1 aliphatic rings. The molecule has 1 aromatic rings. The molecule has 0 saturated carbocycles. The molecule has 0 atom stereocenters. The molecular formula is C17H18F3NO4. The van der Waals surface area contributed by atoms with Crippen molar-refractivity contribution < 1.29 is 32.6 Å². The summed E-state index contributed by atoms with van der Waals surface area (Å²) < 4.78 is 45.1. The SMILES string of the molecule is CC(C)(C)OC(=O)N1CC=C(c2ccc(C(=O)O)cc2C(F)(F)F)C1. The number of hydrogen-bond acceptors (Lipinski definition) is 3. The van der Waals surface area contributed by atoms with Gasteiger partial charge in [0.15, 0.2) is 0 Å². The minimum atomic E-state index is -4.71. The van der Waals surface area contributed by atoms with Gasteiger partial charge in [-0.2, -0.15) is 13.2 Å². The maximum atomic E-state index is 13.3. The van der Waals surface area contributed by atoms with Gasteiger partial charge in [0, 0.05) is 13.1 Å². The highest BCUT2D eigenvalue weighted by atomic mass is 19.4. The first-order valence-electron chi connectivity index (χ1n) is 7.50. The van der Waals surface area contributed by atoms with Crippen molar-refractivity contribution in [1.29, 1.82) is 0 Å². The van der Waals surface area contributed by atoms with Crippen LogP contribution in [-0.2, 0) is 10.9 Å². The summed E-state index contributed by atoms with van der Waals surface area (Å²) in [4.78, 5) is 24.3. The number of carbonyl (C=O) groups excluding carboxylic acids is 1. The van der Waals surface area contributed by atoms with E-state index in [0.717, 1.165) is 12.1 Å². The van der Waals surface area contributed by atoms with Crippen LogP contribution in [-0.4, -0.2) is 40.8 Å². The third-order valence-electron chi connectivity index (χ3n) is 3.49. The molecule has 0 aromatic heterocycles. The van der Waals surface area contributed by atoms with Crippen molar-refractivity contribution in [2.45, 2.75) is 32.5 Å². The molecule has 0 bridgehead atoms. The second-order valence-electron chi connectivity index (χ2n) is 6.65. The van der Waals surface area contributed by atoms with Crippen molar-refractivity contribution in [3.63, 3.8) is 0 Å². The summed E-state index contributed by atoms with van der Waals surface area (Å²) in [6, 6.07) is 2.84. The number of alkyl halides is 3. The Balaban J connectivity index is 2.28. The van der Waals surface area contributed by atoms with Crippen molar-refractivity contribution in [2.24, 2.45) is 0 Å². The zero-order valence-electron chi connectivity index (χ0n) is 14.0. The maximum absolute atomic E-state index is 13.3. The maximum Gasteiger partial charge on any atom is 0.417 e. The van der Waals surface area contributed by atoms with Crippen LogP contribution in [0.4, 0.5) is 18.0 Å². The van der Waals surface area contributed by atoms with Gasteiger partial charge >= 0.3 is 18.2 Å². The normalized spacial score (nSPS) is 15.1. The number of nitrogens with zero attached hydrogens (tertiary/aromatic N) is 1. The van der Waals surface area contributed by atoms with Crippen molar-refractivity contribution in [2.75, 3.05) is 13.1 Å². The van der Waals surface area contributed by atoms with Crippen LogP contribution in [0, 0.1) is 0 Å². The topological polar surface area (TPSA) is 66.8 Å². The molecule has 1 aromatic carbocycles. The van der Waals surface area contributed by atoms with Crippen LogP contribution in [0.3, 0.4) is 0 Å². The zero-order chi connectivity index (χ0) is 19.0. The highest BCUT2D eigenvalue weighted by molar-refractivity contribution is 5.89.